The second-order valence-electron chi connectivity index (χ2n) is 5.79. The zero-order valence-electron chi connectivity index (χ0n) is 12.4. The Bertz CT molecular complexity index is 493. The Kier molecular flexibility index (Phi) is 5.88. The van der Waals surface area contributed by atoms with Crippen LogP contribution in [0.5, 0.6) is 0 Å². The number of carbonyl (C=O) groups is 1. The maximum Gasteiger partial charge on any atom is 0.226 e. The van der Waals surface area contributed by atoms with E-state index in [4.69, 9.17) is 22.1 Å². The quantitative estimate of drug-likeness (QED) is 0.812. The van der Waals surface area contributed by atoms with Crippen LogP contribution in [0.15, 0.2) is 18.2 Å². The predicted octanol–water partition coefficient (Wildman–Crippen LogP) is 3.85. The average molecular weight is 311 g/mol. The topological polar surface area (TPSA) is 64.3 Å². The molecule has 0 aromatic heterocycles. The third kappa shape index (κ3) is 5.21. The van der Waals surface area contributed by atoms with Gasteiger partial charge in [0.05, 0.1) is 30.5 Å². The van der Waals surface area contributed by atoms with Crippen LogP contribution in [-0.4, -0.2) is 18.6 Å². The van der Waals surface area contributed by atoms with Gasteiger partial charge < -0.3 is 15.8 Å². The van der Waals surface area contributed by atoms with Crippen LogP contribution in [0.4, 0.5) is 11.4 Å². The number of benzene rings is 1. The fourth-order valence-corrected chi connectivity index (χ4v) is 2.87. The maximum atomic E-state index is 11.9. The lowest BCUT2D eigenvalue weighted by Gasteiger charge is -2.26. The van der Waals surface area contributed by atoms with Gasteiger partial charge in [-0.2, -0.15) is 0 Å². The summed E-state index contributed by atoms with van der Waals surface area (Å²) < 4.78 is 5.80. The Morgan fingerprint density at radius 2 is 2.29 bits per heavy atom. The second-order valence-corrected chi connectivity index (χ2v) is 6.23. The standard InChI is InChI=1S/C16H23ClN2O2/c1-11-3-2-4-13(9-11)21-8-7-16(20)19-15-10-12(17)5-6-14(15)18/h5-6,10-11,13H,2-4,7-9,18H2,1H3,(H,19,20). The van der Waals surface area contributed by atoms with Crippen molar-refractivity contribution in [2.24, 2.45) is 5.92 Å². The van der Waals surface area contributed by atoms with Crippen molar-refractivity contribution in [2.45, 2.75) is 45.1 Å². The summed E-state index contributed by atoms with van der Waals surface area (Å²) in [5.74, 6) is 0.622. The van der Waals surface area contributed by atoms with E-state index in [1.54, 1.807) is 18.2 Å². The molecule has 0 spiro atoms. The number of amides is 1. The monoisotopic (exact) mass is 310 g/mol. The van der Waals surface area contributed by atoms with E-state index in [1.165, 1.54) is 12.8 Å². The van der Waals surface area contributed by atoms with Crippen molar-refractivity contribution >= 4 is 28.9 Å². The highest BCUT2D eigenvalue weighted by Crippen LogP contribution is 2.26. The highest BCUT2D eigenvalue weighted by atomic mass is 35.5. The number of rotatable bonds is 5. The molecule has 1 fully saturated rings. The molecule has 0 bridgehead atoms. The molecule has 2 atom stereocenters. The van der Waals surface area contributed by atoms with Crippen LogP contribution in [0.25, 0.3) is 0 Å². The SMILES string of the molecule is CC1CCCC(OCCC(=O)Nc2cc(Cl)ccc2N)C1. The Balaban J connectivity index is 1.73. The van der Waals surface area contributed by atoms with Crippen molar-refractivity contribution < 1.29 is 9.53 Å². The van der Waals surface area contributed by atoms with E-state index in [0.29, 0.717) is 35.5 Å². The van der Waals surface area contributed by atoms with Gasteiger partial charge in [0.15, 0.2) is 0 Å². The molecule has 3 N–H and O–H groups in total. The number of ether oxygens (including phenoxy) is 1. The molecule has 4 nitrogen and oxygen atoms in total. The normalized spacial score (nSPS) is 22.0. The van der Waals surface area contributed by atoms with E-state index in [9.17, 15) is 4.79 Å². The molecule has 0 heterocycles. The van der Waals surface area contributed by atoms with E-state index >= 15 is 0 Å². The molecule has 2 unspecified atom stereocenters. The van der Waals surface area contributed by atoms with Gasteiger partial charge >= 0.3 is 0 Å². The van der Waals surface area contributed by atoms with Gasteiger partial charge in [-0.1, -0.05) is 31.4 Å². The summed E-state index contributed by atoms with van der Waals surface area (Å²) in [6.07, 6.45) is 5.34. The third-order valence-electron chi connectivity index (χ3n) is 3.86. The van der Waals surface area contributed by atoms with E-state index in [1.807, 2.05) is 0 Å². The Morgan fingerprint density at radius 1 is 1.48 bits per heavy atom. The molecule has 1 aromatic rings. The molecule has 1 aliphatic carbocycles. The lowest BCUT2D eigenvalue weighted by Crippen LogP contribution is -2.23. The molecule has 5 heteroatoms. The molecule has 1 amide bonds. The third-order valence-corrected chi connectivity index (χ3v) is 4.10. The summed E-state index contributed by atoms with van der Waals surface area (Å²) in [7, 11) is 0. The molecule has 0 saturated heterocycles. The van der Waals surface area contributed by atoms with E-state index in [-0.39, 0.29) is 5.91 Å². The van der Waals surface area contributed by atoms with Crippen molar-refractivity contribution in [1.82, 2.24) is 0 Å². The minimum Gasteiger partial charge on any atom is -0.397 e. The molecule has 0 aliphatic heterocycles. The number of nitrogen functional groups attached to an aromatic ring is 1. The van der Waals surface area contributed by atoms with Crippen LogP contribution in [0.3, 0.4) is 0 Å². The number of hydrogen-bond donors (Lipinski definition) is 2. The molecule has 1 saturated carbocycles. The first kappa shape index (κ1) is 16.1. The van der Waals surface area contributed by atoms with Crippen LogP contribution in [0, 0.1) is 5.92 Å². The van der Waals surface area contributed by atoms with Gasteiger partial charge in [0.1, 0.15) is 0 Å². The largest absolute Gasteiger partial charge is 0.397 e. The van der Waals surface area contributed by atoms with Gasteiger partial charge in [-0.15, -0.1) is 0 Å². The van der Waals surface area contributed by atoms with Crippen molar-refractivity contribution in [1.29, 1.82) is 0 Å². The summed E-state index contributed by atoms with van der Waals surface area (Å²) in [4.78, 5) is 11.9. The minimum absolute atomic E-state index is 0.104. The average Bonchev–Trinajstić information content (AvgIpc) is 2.43. The van der Waals surface area contributed by atoms with Crippen molar-refractivity contribution in [3.63, 3.8) is 0 Å². The van der Waals surface area contributed by atoms with Gasteiger partial charge in [-0.25, -0.2) is 0 Å². The summed E-state index contributed by atoms with van der Waals surface area (Å²) in [5, 5.41) is 3.32. The molecule has 0 radical (unpaired) electrons. The fraction of sp³-hybridized carbons (Fsp3) is 0.562. The molecule has 2 rings (SSSR count). The lowest BCUT2D eigenvalue weighted by atomic mass is 9.89. The van der Waals surface area contributed by atoms with E-state index in [2.05, 4.69) is 12.2 Å². The van der Waals surface area contributed by atoms with Gasteiger partial charge in [0.2, 0.25) is 5.91 Å². The van der Waals surface area contributed by atoms with Crippen LogP contribution >= 0.6 is 11.6 Å². The Hall–Kier alpha value is -1.26. The number of anilines is 2. The minimum atomic E-state index is -0.104. The highest BCUT2D eigenvalue weighted by molar-refractivity contribution is 6.31. The van der Waals surface area contributed by atoms with Crippen molar-refractivity contribution in [3.05, 3.63) is 23.2 Å². The first-order chi connectivity index (χ1) is 10.0. The van der Waals surface area contributed by atoms with Crippen LogP contribution in [0.2, 0.25) is 5.02 Å². The van der Waals surface area contributed by atoms with Crippen LogP contribution in [-0.2, 0) is 9.53 Å². The molecule has 116 valence electrons. The van der Waals surface area contributed by atoms with Crippen LogP contribution in [0.1, 0.15) is 39.0 Å². The summed E-state index contributed by atoms with van der Waals surface area (Å²) in [6, 6.07) is 5.02. The first-order valence-electron chi connectivity index (χ1n) is 7.51. The first-order valence-corrected chi connectivity index (χ1v) is 7.89. The maximum absolute atomic E-state index is 11.9. The summed E-state index contributed by atoms with van der Waals surface area (Å²) in [5.41, 5.74) is 6.86. The highest BCUT2D eigenvalue weighted by Gasteiger charge is 2.19. The second kappa shape index (κ2) is 7.66. The molecule has 1 aliphatic rings. The number of hydrogen-bond acceptors (Lipinski definition) is 3. The molecular formula is C16H23ClN2O2. The van der Waals surface area contributed by atoms with E-state index < -0.39 is 0 Å². The van der Waals surface area contributed by atoms with Gasteiger partial charge in [0, 0.05) is 5.02 Å². The molecule has 21 heavy (non-hydrogen) atoms. The van der Waals surface area contributed by atoms with Gasteiger partial charge in [0.25, 0.3) is 0 Å². The fourth-order valence-electron chi connectivity index (χ4n) is 2.70. The van der Waals surface area contributed by atoms with Crippen molar-refractivity contribution in [3.8, 4) is 0 Å². The van der Waals surface area contributed by atoms with E-state index in [0.717, 1.165) is 18.8 Å². The Labute approximate surface area is 131 Å². The number of carbonyl (C=O) groups excluding carboxylic acids is 1. The van der Waals surface area contributed by atoms with Gasteiger partial charge in [-0.3, -0.25) is 4.79 Å². The molecule has 1 aromatic carbocycles. The number of nitrogens with one attached hydrogen (secondary N) is 1. The number of halogens is 1. The smallest absolute Gasteiger partial charge is 0.226 e. The molecular weight excluding hydrogens is 288 g/mol. The van der Waals surface area contributed by atoms with Crippen molar-refractivity contribution in [2.75, 3.05) is 17.7 Å². The zero-order chi connectivity index (χ0) is 15.2. The summed E-state index contributed by atoms with van der Waals surface area (Å²) >= 11 is 5.89. The predicted molar refractivity (Wildman–Crippen MR) is 86.5 cm³/mol. The Morgan fingerprint density at radius 3 is 3.05 bits per heavy atom. The summed E-state index contributed by atoms with van der Waals surface area (Å²) in [6.45, 7) is 2.70. The van der Waals surface area contributed by atoms with Gasteiger partial charge in [-0.05, 0) is 37.0 Å². The number of nitrogens with two attached hydrogens (primary N) is 1. The van der Waals surface area contributed by atoms with Crippen LogP contribution < -0.4 is 11.1 Å². The zero-order valence-corrected chi connectivity index (χ0v) is 13.2. The lowest BCUT2D eigenvalue weighted by molar-refractivity contribution is -0.117.